The molecular formula is C10H9ClN6O. The highest BCUT2D eigenvalue weighted by Gasteiger charge is 2.28. The first-order valence-electron chi connectivity index (χ1n) is 5.45. The third-order valence-electron chi connectivity index (χ3n) is 2.54. The molecule has 0 unspecified atom stereocenters. The van der Waals surface area contributed by atoms with Crippen LogP contribution in [-0.4, -0.2) is 31.3 Å². The Morgan fingerprint density at radius 2 is 2.22 bits per heavy atom. The van der Waals surface area contributed by atoms with Gasteiger partial charge in [0.2, 0.25) is 5.82 Å². The minimum Gasteiger partial charge on any atom is -0.302 e. The van der Waals surface area contributed by atoms with Gasteiger partial charge in [0, 0.05) is 5.92 Å². The second kappa shape index (κ2) is 4.34. The van der Waals surface area contributed by atoms with Gasteiger partial charge < -0.3 is 5.32 Å². The molecule has 0 spiro atoms. The van der Waals surface area contributed by atoms with Crippen molar-refractivity contribution < 1.29 is 4.79 Å². The molecule has 1 amide bonds. The zero-order chi connectivity index (χ0) is 12.5. The summed E-state index contributed by atoms with van der Waals surface area (Å²) in [5.41, 5.74) is 0. The van der Waals surface area contributed by atoms with E-state index < -0.39 is 5.91 Å². The van der Waals surface area contributed by atoms with Crippen LogP contribution in [0.15, 0.2) is 12.1 Å². The monoisotopic (exact) mass is 264 g/mol. The average molecular weight is 265 g/mol. The standard InChI is InChI=1S/C10H9ClN6O/c11-6-3-4-7(15-14-6)12-10(18)9-13-8(16-17-9)5-1-2-5/h3-5H,1-2H2,(H,12,15,18)(H,13,16,17). The highest BCUT2D eigenvalue weighted by atomic mass is 35.5. The van der Waals surface area contributed by atoms with E-state index in [1.165, 1.54) is 6.07 Å². The molecule has 2 aromatic heterocycles. The van der Waals surface area contributed by atoms with E-state index >= 15 is 0 Å². The van der Waals surface area contributed by atoms with E-state index in [-0.39, 0.29) is 11.0 Å². The number of nitrogens with zero attached hydrogens (tertiary/aromatic N) is 4. The molecule has 92 valence electrons. The van der Waals surface area contributed by atoms with Crippen molar-refractivity contribution in [3.05, 3.63) is 28.9 Å². The lowest BCUT2D eigenvalue weighted by Gasteiger charge is -1.99. The molecule has 2 heterocycles. The summed E-state index contributed by atoms with van der Waals surface area (Å²) in [6, 6.07) is 3.10. The second-order valence-corrected chi connectivity index (χ2v) is 4.40. The Kier molecular flexibility index (Phi) is 2.67. The van der Waals surface area contributed by atoms with Crippen LogP contribution in [0.2, 0.25) is 5.15 Å². The van der Waals surface area contributed by atoms with Gasteiger partial charge in [0.15, 0.2) is 11.0 Å². The van der Waals surface area contributed by atoms with Crippen LogP contribution in [0.4, 0.5) is 5.82 Å². The highest BCUT2D eigenvalue weighted by molar-refractivity contribution is 6.29. The number of nitrogens with one attached hydrogen (secondary N) is 2. The largest absolute Gasteiger partial charge is 0.302 e. The topological polar surface area (TPSA) is 96.5 Å². The Hall–Kier alpha value is -2.02. The maximum absolute atomic E-state index is 11.8. The van der Waals surface area contributed by atoms with E-state index in [0.717, 1.165) is 18.7 Å². The number of anilines is 1. The number of amides is 1. The minimum atomic E-state index is -0.422. The molecule has 2 aromatic rings. The van der Waals surface area contributed by atoms with Crippen LogP contribution in [-0.2, 0) is 0 Å². The van der Waals surface area contributed by atoms with Gasteiger partial charge in [0.05, 0.1) is 0 Å². The quantitative estimate of drug-likeness (QED) is 0.873. The number of aromatic amines is 1. The van der Waals surface area contributed by atoms with Gasteiger partial charge in [-0.25, -0.2) is 4.98 Å². The summed E-state index contributed by atoms with van der Waals surface area (Å²) >= 11 is 5.59. The van der Waals surface area contributed by atoms with Crippen LogP contribution in [0, 0.1) is 0 Å². The Balaban J connectivity index is 1.71. The van der Waals surface area contributed by atoms with Crippen LogP contribution >= 0.6 is 11.6 Å². The van der Waals surface area contributed by atoms with Crippen LogP contribution in [0.1, 0.15) is 35.2 Å². The number of hydrogen-bond acceptors (Lipinski definition) is 5. The number of H-pyrrole nitrogens is 1. The predicted octanol–water partition coefficient (Wildman–Crippen LogP) is 1.38. The Morgan fingerprint density at radius 1 is 1.39 bits per heavy atom. The lowest BCUT2D eigenvalue weighted by molar-refractivity contribution is 0.101. The van der Waals surface area contributed by atoms with Crippen LogP contribution in [0.5, 0.6) is 0 Å². The fourth-order valence-corrected chi connectivity index (χ4v) is 1.57. The van der Waals surface area contributed by atoms with Crippen LogP contribution in [0.3, 0.4) is 0 Å². The maximum atomic E-state index is 11.8. The summed E-state index contributed by atoms with van der Waals surface area (Å²) in [6.07, 6.45) is 2.19. The fourth-order valence-electron chi connectivity index (χ4n) is 1.47. The van der Waals surface area contributed by atoms with Crippen molar-refractivity contribution in [1.82, 2.24) is 25.4 Å². The first kappa shape index (κ1) is 11.1. The predicted molar refractivity (Wildman–Crippen MR) is 63.4 cm³/mol. The van der Waals surface area contributed by atoms with Gasteiger partial charge in [-0.3, -0.25) is 9.89 Å². The van der Waals surface area contributed by atoms with Crippen molar-refractivity contribution in [3.8, 4) is 0 Å². The van der Waals surface area contributed by atoms with Crippen molar-refractivity contribution in [2.75, 3.05) is 5.32 Å². The summed E-state index contributed by atoms with van der Waals surface area (Å²) in [5, 5.41) is 16.8. The summed E-state index contributed by atoms with van der Waals surface area (Å²) in [6.45, 7) is 0. The Labute approximate surface area is 107 Å². The molecule has 1 aliphatic rings. The molecule has 1 fully saturated rings. The molecular weight excluding hydrogens is 256 g/mol. The van der Waals surface area contributed by atoms with E-state index in [2.05, 4.69) is 30.7 Å². The molecule has 0 atom stereocenters. The zero-order valence-corrected chi connectivity index (χ0v) is 9.98. The molecule has 0 bridgehead atoms. The molecule has 2 N–H and O–H groups in total. The lowest BCUT2D eigenvalue weighted by atomic mass is 10.4. The average Bonchev–Trinajstić information content (AvgIpc) is 3.10. The smallest absolute Gasteiger partial charge is 0.296 e. The molecule has 0 saturated heterocycles. The number of carbonyl (C=O) groups is 1. The summed E-state index contributed by atoms with van der Waals surface area (Å²) in [7, 11) is 0. The van der Waals surface area contributed by atoms with Crippen LogP contribution in [0.25, 0.3) is 0 Å². The van der Waals surface area contributed by atoms with Gasteiger partial charge in [-0.1, -0.05) is 11.6 Å². The second-order valence-electron chi connectivity index (χ2n) is 4.01. The van der Waals surface area contributed by atoms with Gasteiger partial charge >= 0.3 is 0 Å². The normalized spacial score (nSPS) is 14.5. The summed E-state index contributed by atoms with van der Waals surface area (Å²) in [5.74, 6) is 1.18. The van der Waals surface area contributed by atoms with Gasteiger partial charge in [0.1, 0.15) is 5.82 Å². The fraction of sp³-hybridized carbons (Fsp3) is 0.300. The Bertz CT molecular complexity index is 576. The molecule has 0 radical (unpaired) electrons. The summed E-state index contributed by atoms with van der Waals surface area (Å²) < 4.78 is 0. The molecule has 7 nitrogen and oxygen atoms in total. The SMILES string of the molecule is O=C(Nc1ccc(Cl)nn1)c1n[nH]c(C2CC2)n1. The molecule has 1 aliphatic carbocycles. The first-order valence-corrected chi connectivity index (χ1v) is 5.83. The van der Waals surface area contributed by atoms with E-state index in [4.69, 9.17) is 11.6 Å². The van der Waals surface area contributed by atoms with Gasteiger partial charge in [-0.05, 0) is 25.0 Å². The molecule has 3 rings (SSSR count). The van der Waals surface area contributed by atoms with Gasteiger partial charge in [0.25, 0.3) is 5.91 Å². The minimum absolute atomic E-state index is 0.105. The number of halogens is 1. The Morgan fingerprint density at radius 3 is 2.89 bits per heavy atom. The number of rotatable bonds is 3. The first-order chi connectivity index (χ1) is 8.72. The molecule has 1 saturated carbocycles. The van der Waals surface area contributed by atoms with Crippen molar-refractivity contribution >= 4 is 23.3 Å². The molecule has 18 heavy (non-hydrogen) atoms. The lowest BCUT2D eigenvalue weighted by Crippen LogP contribution is -2.15. The summed E-state index contributed by atoms with van der Waals surface area (Å²) in [4.78, 5) is 15.9. The van der Waals surface area contributed by atoms with Crippen molar-refractivity contribution in [2.24, 2.45) is 0 Å². The van der Waals surface area contributed by atoms with Crippen molar-refractivity contribution in [3.63, 3.8) is 0 Å². The van der Waals surface area contributed by atoms with E-state index in [1.807, 2.05) is 0 Å². The number of carbonyl (C=O) groups excluding carboxylic acids is 1. The van der Waals surface area contributed by atoms with Gasteiger partial charge in [-0.2, -0.15) is 0 Å². The zero-order valence-electron chi connectivity index (χ0n) is 9.22. The van der Waals surface area contributed by atoms with E-state index in [0.29, 0.717) is 11.7 Å². The highest BCUT2D eigenvalue weighted by Crippen LogP contribution is 2.37. The van der Waals surface area contributed by atoms with Gasteiger partial charge in [-0.15, -0.1) is 15.3 Å². The molecule has 0 aliphatic heterocycles. The molecule has 8 heteroatoms. The molecule has 0 aromatic carbocycles. The van der Waals surface area contributed by atoms with E-state index in [1.54, 1.807) is 6.07 Å². The maximum Gasteiger partial charge on any atom is 0.296 e. The van der Waals surface area contributed by atoms with E-state index in [9.17, 15) is 4.79 Å². The number of hydrogen-bond donors (Lipinski definition) is 2. The number of aromatic nitrogens is 5. The van der Waals surface area contributed by atoms with Crippen LogP contribution < -0.4 is 5.32 Å². The van der Waals surface area contributed by atoms with Crippen molar-refractivity contribution in [1.29, 1.82) is 0 Å². The third-order valence-corrected chi connectivity index (χ3v) is 2.75. The third kappa shape index (κ3) is 2.30. The van der Waals surface area contributed by atoms with Crippen molar-refractivity contribution in [2.45, 2.75) is 18.8 Å².